The molecule has 27 heavy (non-hydrogen) atoms. The summed E-state index contributed by atoms with van der Waals surface area (Å²) in [6.45, 7) is 4.25. The number of sulfonamides is 1. The van der Waals surface area contributed by atoms with Crippen molar-refractivity contribution in [3.8, 4) is 0 Å². The monoisotopic (exact) mass is 393 g/mol. The van der Waals surface area contributed by atoms with Crippen molar-refractivity contribution in [2.75, 3.05) is 19.3 Å². The molecule has 8 nitrogen and oxygen atoms in total. The van der Waals surface area contributed by atoms with E-state index in [0.717, 1.165) is 0 Å². The first-order valence-electron chi connectivity index (χ1n) is 8.87. The zero-order chi connectivity index (χ0) is 19.9. The maximum absolute atomic E-state index is 12.5. The van der Waals surface area contributed by atoms with E-state index in [0.29, 0.717) is 37.1 Å². The van der Waals surface area contributed by atoms with Gasteiger partial charge in [-0.25, -0.2) is 12.7 Å². The van der Waals surface area contributed by atoms with E-state index in [4.69, 9.17) is 0 Å². The molecule has 1 aromatic carbocycles. The molecule has 2 aliphatic heterocycles. The molecule has 2 aliphatic rings. The van der Waals surface area contributed by atoms with Gasteiger partial charge in [0.05, 0.1) is 17.4 Å². The second-order valence-corrected chi connectivity index (χ2v) is 9.23. The fourth-order valence-corrected chi connectivity index (χ4v) is 4.34. The molecule has 0 unspecified atom stereocenters. The van der Waals surface area contributed by atoms with Gasteiger partial charge in [-0.05, 0) is 44.9 Å². The van der Waals surface area contributed by atoms with Crippen molar-refractivity contribution in [1.82, 2.24) is 14.5 Å². The van der Waals surface area contributed by atoms with Crippen molar-refractivity contribution in [2.45, 2.75) is 38.8 Å². The quantitative estimate of drug-likeness (QED) is 0.764. The molecule has 1 saturated heterocycles. The Bertz CT molecular complexity index is 902. The maximum Gasteiger partial charge on any atom is 0.261 e. The lowest BCUT2D eigenvalue weighted by molar-refractivity contribution is 0.0609. The molecular weight excluding hydrogens is 370 g/mol. The molecule has 2 heterocycles. The molecule has 1 aromatic rings. The third-order valence-corrected chi connectivity index (χ3v) is 6.26. The zero-order valence-corrected chi connectivity index (χ0v) is 16.4. The molecular formula is C18H23N3O5S. The average Bonchev–Trinajstić information content (AvgIpc) is 2.85. The molecule has 146 valence electrons. The number of nitrogens with zero attached hydrogens (tertiary/aromatic N) is 2. The third kappa shape index (κ3) is 3.74. The smallest absolute Gasteiger partial charge is 0.261 e. The highest BCUT2D eigenvalue weighted by Gasteiger charge is 2.37. The van der Waals surface area contributed by atoms with E-state index in [1.165, 1.54) is 33.7 Å². The highest BCUT2D eigenvalue weighted by molar-refractivity contribution is 7.88. The van der Waals surface area contributed by atoms with E-state index in [1.807, 2.05) is 0 Å². The van der Waals surface area contributed by atoms with Crippen LogP contribution in [0.5, 0.6) is 0 Å². The van der Waals surface area contributed by atoms with Crippen LogP contribution in [0.1, 0.15) is 57.8 Å². The van der Waals surface area contributed by atoms with Crippen molar-refractivity contribution in [3.63, 3.8) is 0 Å². The van der Waals surface area contributed by atoms with E-state index >= 15 is 0 Å². The minimum atomic E-state index is -3.21. The number of carbonyl (C=O) groups excluding carboxylic acids is 3. The van der Waals surface area contributed by atoms with Crippen LogP contribution in [0.15, 0.2) is 18.2 Å². The predicted molar refractivity (Wildman–Crippen MR) is 99.0 cm³/mol. The molecule has 1 N–H and O–H groups in total. The molecule has 0 atom stereocenters. The Hall–Kier alpha value is -2.26. The van der Waals surface area contributed by atoms with Crippen LogP contribution in [0, 0.1) is 0 Å². The standard InChI is InChI=1S/C18H23N3O5S/c1-11(2)21-17(23)14-5-4-12(10-15(14)18(21)24)16(22)19-13-6-8-20(9-7-13)27(3,25)26/h4-5,10-11,13H,6-9H2,1-3H3,(H,19,22). The largest absolute Gasteiger partial charge is 0.349 e. The zero-order valence-electron chi connectivity index (χ0n) is 15.6. The molecule has 9 heteroatoms. The Morgan fingerprint density at radius 1 is 1.11 bits per heavy atom. The number of carbonyl (C=O) groups is 3. The van der Waals surface area contributed by atoms with Gasteiger partial charge in [-0.15, -0.1) is 0 Å². The number of piperidine rings is 1. The lowest BCUT2D eigenvalue weighted by atomic mass is 10.0. The second kappa shape index (κ2) is 7.05. The molecule has 0 aliphatic carbocycles. The van der Waals surface area contributed by atoms with Gasteiger partial charge in [-0.3, -0.25) is 19.3 Å². The van der Waals surface area contributed by atoms with E-state index < -0.39 is 10.0 Å². The second-order valence-electron chi connectivity index (χ2n) is 7.24. The van der Waals surface area contributed by atoms with Crippen LogP contribution in [-0.4, -0.2) is 66.8 Å². The van der Waals surface area contributed by atoms with Crippen molar-refractivity contribution >= 4 is 27.7 Å². The molecule has 0 radical (unpaired) electrons. The van der Waals surface area contributed by atoms with Crippen molar-refractivity contribution in [2.24, 2.45) is 0 Å². The maximum atomic E-state index is 12.5. The number of hydrogen-bond acceptors (Lipinski definition) is 5. The topological polar surface area (TPSA) is 104 Å². The molecule has 1 fully saturated rings. The summed E-state index contributed by atoms with van der Waals surface area (Å²) in [5.41, 5.74) is 0.867. The van der Waals surface area contributed by atoms with Gasteiger partial charge in [0.2, 0.25) is 10.0 Å². The van der Waals surface area contributed by atoms with E-state index in [1.54, 1.807) is 13.8 Å². The molecule has 0 saturated carbocycles. The SMILES string of the molecule is CC(C)N1C(=O)c2ccc(C(=O)NC3CCN(S(C)(=O)=O)CC3)cc2C1=O. The summed E-state index contributed by atoms with van der Waals surface area (Å²) in [7, 11) is -3.21. The molecule has 3 rings (SSSR count). The number of fused-ring (bicyclic) bond motifs is 1. The summed E-state index contributed by atoms with van der Waals surface area (Å²) in [6, 6.07) is 4.12. The number of imide groups is 1. The van der Waals surface area contributed by atoms with E-state index in [2.05, 4.69) is 5.32 Å². The Kier molecular flexibility index (Phi) is 5.09. The molecule has 0 bridgehead atoms. The molecule has 0 aromatic heterocycles. The average molecular weight is 393 g/mol. The Morgan fingerprint density at radius 3 is 2.26 bits per heavy atom. The summed E-state index contributed by atoms with van der Waals surface area (Å²) < 4.78 is 24.5. The Labute approximate surface area is 158 Å². The Balaban J connectivity index is 1.70. The number of amides is 3. The number of benzene rings is 1. The predicted octanol–water partition coefficient (Wildman–Crippen LogP) is 0.845. The summed E-state index contributed by atoms with van der Waals surface area (Å²) in [5.74, 6) is -1.06. The van der Waals surface area contributed by atoms with Gasteiger partial charge in [0.1, 0.15) is 0 Å². The van der Waals surface area contributed by atoms with Crippen LogP contribution >= 0.6 is 0 Å². The summed E-state index contributed by atoms with van der Waals surface area (Å²) >= 11 is 0. The summed E-state index contributed by atoms with van der Waals surface area (Å²) in [6.07, 6.45) is 2.24. The van der Waals surface area contributed by atoms with Crippen molar-refractivity contribution in [1.29, 1.82) is 0 Å². The number of nitrogens with one attached hydrogen (secondary N) is 1. The first kappa shape index (κ1) is 19.5. The van der Waals surface area contributed by atoms with Crippen molar-refractivity contribution < 1.29 is 22.8 Å². The van der Waals surface area contributed by atoms with Gasteiger partial charge in [0.25, 0.3) is 17.7 Å². The van der Waals surface area contributed by atoms with Crippen molar-refractivity contribution in [3.05, 3.63) is 34.9 Å². The lowest BCUT2D eigenvalue weighted by Gasteiger charge is -2.30. The van der Waals surface area contributed by atoms with Crippen LogP contribution in [-0.2, 0) is 10.0 Å². The highest BCUT2D eigenvalue weighted by atomic mass is 32.2. The third-order valence-electron chi connectivity index (χ3n) is 4.95. The fourth-order valence-electron chi connectivity index (χ4n) is 3.47. The van der Waals surface area contributed by atoms with Gasteiger partial charge in [0, 0.05) is 30.7 Å². The minimum Gasteiger partial charge on any atom is -0.349 e. The first-order chi connectivity index (χ1) is 12.6. The van der Waals surface area contributed by atoms with Gasteiger partial charge in [0.15, 0.2) is 0 Å². The summed E-state index contributed by atoms with van der Waals surface area (Å²) in [4.78, 5) is 38.5. The normalized spacial score (nSPS) is 18.9. The Morgan fingerprint density at radius 2 is 1.70 bits per heavy atom. The van der Waals surface area contributed by atoms with E-state index in [-0.39, 0.29) is 35.4 Å². The van der Waals surface area contributed by atoms with Crippen LogP contribution < -0.4 is 5.32 Å². The summed E-state index contributed by atoms with van der Waals surface area (Å²) in [5, 5.41) is 2.89. The lowest BCUT2D eigenvalue weighted by Crippen LogP contribution is -2.46. The minimum absolute atomic E-state index is 0.131. The first-order valence-corrected chi connectivity index (χ1v) is 10.7. The van der Waals surface area contributed by atoms with Crippen LogP contribution in [0.25, 0.3) is 0 Å². The van der Waals surface area contributed by atoms with Gasteiger partial charge < -0.3 is 5.32 Å². The highest BCUT2D eigenvalue weighted by Crippen LogP contribution is 2.26. The number of rotatable bonds is 4. The van der Waals surface area contributed by atoms with Crippen LogP contribution in [0.4, 0.5) is 0 Å². The van der Waals surface area contributed by atoms with Gasteiger partial charge >= 0.3 is 0 Å². The van der Waals surface area contributed by atoms with Gasteiger partial charge in [-0.1, -0.05) is 0 Å². The van der Waals surface area contributed by atoms with Gasteiger partial charge in [-0.2, -0.15) is 0 Å². The van der Waals surface area contributed by atoms with Crippen LogP contribution in [0.2, 0.25) is 0 Å². The number of hydrogen-bond donors (Lipinski definition) is 1. The molecule has 3 amide bonds. The fraction of sp³-hybridized carbons (Fsp3) is 0.500. The van der Waals surface area contributed by atoms with Crippen LogP contribution in [0.3, 0.4) is 0 Å². The molecule has 0 spiro atoms. The van der Waals surface area contributed by atoms with E-state index in [9.17, 15) is 22.8 Å².